The van der Waals surface area contributed by atoms with Gasteiger partial charge in [0.2, 0.25) is 0 Å². The summed E-state index contributed by atoms with van der Waals surface area (Å²) in [6.07, 6.45) is 12.6. The third kappa shape index (κ3) is 4.37. The van der Waals surface area contributed by atoms with Crippen LogP contribution in [0.1, 0.15) is 82.3 Å². The number of rotatable bonds is 6. The Balaban J connectivity index is 1.78. The van der Waals surface area contributed by atoms with Crippen molar-refractivity contribution in [3.63, 3.8) is 0 Å². The quantitative estimate of drug-likeness (QED) is 0.540. The molecule has 0 nitrogen and oxygen atoms in total. The molecule has 0 amide bonds. The highest BCUT2D eigenvalue weighted by atomic mass is 14.3. The van der Waals surface area contributed by atoms with Gasteiger partial charge in [-0.15, -0.1) is 0 Å². The van der Waals surface area contributed by atoms with Crippen LogP contribution in [0.25, 0.3) is 0 Å². The Labute approximate surface area is 119 Å². The second-order valence-corrected chi connectivity index (χ2v) is 6.31. The monoisotopic (exact) mass is 258 g/mol. The smallest absolute Gasteiger partial charge is 0.0162 e. The van der Waals surface area contributed by atoms with Crippen molar-refractivity contribution >= 4 is 0 Å². The minimum Gasteiger partial charge on any atom is -0.0654 e. The van der Waals surface area contributed by atoms with Gasteiger partial charge in [-0.25, -0.2) is 0 Å². The lowest BCUT2D eigenvalue weighted by Crippen LogP contribution is -2.13. The molecule has 0 bridgehead atoms. The molecule has 0 atom stereocenters. The molecule has 106 valence electrons. The van der Waals surface area contributed by atoms with E-state index in [1.165, 1.54) is 56.9 Å². The molecule has 0 spiro atoms. The van der Waals surface area contributed by atoms with Gasteiger partial charge >= 0.3 is 0 Å². The Morgan fingerprint density at radius 3 is 2.16 bits per heavy atom. The normalized spacial score (nSPS) is 23.5. The van der Waals surface area contributed by atoms with Gasteiger partial charge in [0.25, 0.3) is 0 Å². The molecule has 1 aliphatic carbocycles. The van der Waals surface area contributed by atoms with Crippen LogP contribution in [0.15, 0.2) is 24.3 Å². The van der Waals surface area contributed by atoms with Gasteiger partial charge in [-0.05, 0) is 55.1 Å². The summed E-state index contributed by atoms with van der Waals surface area (Å²) in [5, 5.41) is 0. The van der Waals surface area contributed by atoms with Gasteiger partial charge in [0, 0.05) is 0 Å². The third-order valence-corrected chi connectivity index (χ3v) is 4.92. The van der Waals surface area contributed by atoms with Gasteiger partial charge in [0.15, 0.2) is 0 Å². The summed E-state index contributed by atoms with van der Waals surface area (Å²) in [6, 6.07) is 9.40. The lowest BCUT2D eigenvalue weighted by molar-refractivity contribution is 0.303. The summed E-state index contributed by atoms with van der Waals surface area (Å²) in [4.78, 5) is 0. The summed E-state index contributed by atoms with van der Waals surface area (Å²) in [5.74, 6) is 1.87. The molecular formula is C19H30. The number of aryl methyl sites for hydroxylation is 1. The van der Waals surface area contributed by atoms with E-state index >= 15 is 0 Å². The average Bonchev–Trinajstić information content (AvgIpc) is 2.48. The standard InChI is InChI=1S/C19H30/c1-3-5-6-7-17-10-14-19(15-11-17)18-12-8-16(4-2)9-13-18/h8-9,12-13,17,19H,3-7,10-11,14-15H2,1-2H3/t17-,19-. The molecule has 0 aliphatic heterocycles. The zero-order valence-corrected chi connectivity index (χ0v) is 12.8. The summed E-state index contributed by atoms with van der Waals surface area (Å²) in [7, 11) is 0. The van der Waals surface area contributed by atoms with Crippen molar-refractivity contribution in [1.82, 2.24) is 0 Å². The van der Waals surface area contributed by atoms with E-state index in [9.17, 15) is 0 Å². The van der Waals surface area contributed by atoms with Gasteiger partial charge < -0.3 is 0 Å². The van der Waals surface area contributed by atoms with E-state index < -0.39 is 0 Å². The largest absolute Gasteiger partial charge is 0.0654 e. The molecule has 0 heterocycles. The Morgan fingerprint density at radius 2 is 1.58 bits per heavy atom. The molecule has 1 aromatic rings. The van der Waals surface area contributed by atoms with E-state index in [0.29, 0.717) is 0 Å². The van der Waals surface area contributed by atoms with Crippen LogP contribution in [-0.4, -0.2) is 0 Å². The highest BCUT2D eigenvalue weighted by molar-refractivity contribution is 5.25. The van der Waals surface area contributed by atoms with Crippen molar-refractivity contribution in [2.24, 2.45) is 5.92 Å². The Bertz CT molecular complexity index is 341. The van der Waals surface area contributed by atoms with Crippen molar-refractivity contribution in [3.05, 3.63) is 35.4 Å². The zero-order chi connectivity index (χ0) is 13.5. The fraction of sp³-hybridized carbons (Fsp3) is 0.684. The van der Waals surface area contributed by atoms with E-state index in [1.807, 2.05) is 0 Å². The lowest BCUT2D eigenvalue weighted by Gasteiger charge is -2.29. The number of hydrogen-bond acceptors (Lipinski definition) is 0. The highest BCUT2D eigenvalue weighted by Crippen LogP contribution is 2.37. The molecule has 19 heavy (non-hydrogen) atoms. The molecule has 1 saturated carbocycles. The van der Waals surface area contributed by atoms with Gasteiger partial charge in [0.1, 0.15) is 0 Å². The molecule has 0 unspecified atom stereocenters. The molecule has 1 fully saturated rings. The van der Waals surface area contributed by atoms with Crippen molar-refractivity contribution in [1.29, 1.82) is 0 Å². The number of unbranched alkanes of at least 4 members (excludes halogenated alkanes) is 2. The van der Waals surface area contributed by atoms with Crippen LogP contribution in [0.2, 0.25) is 0 Å². The molecule has 0 radical (unpaired) electrons. The van der Waals surface area contributed by atoms with Crippen LogP contribution in [0.4, 0.5) is 0 Å². The molecule has 1 aromatic carbocycles. The predicted octanol–water partition coefficient (Wildman–Crippen LogP) is 6.10. The molecular weight excluding hydrogens is 228 g/mol. The number of hydrogen-bond donors (Lipinski definition) is 0. The first kappa shape index (κ1) is 14.6. The van der Waals surface area contributed by atoms with E-state index in [-0.39, 0.29) is 0 Å². The Kier molecular flexibility index (Phi) is 5.94. The maximum atomic E-state index is 2.38. The molecule has 0 heteroatoms. The van der Waals surface area contributed by atoms with Crippen LogP contribution in [0, 0.1) is 5.92 Å². The van der Waals surface area contributed by atoms with Crippen LogP contribution < -0.4 is 0 Å². The van der Waals surface area contributed by atoms with Crippen LogP contribution in [0.5, 0.6) is 0 Å². The third-order valence-electron chi connectivity index (χ3n) is 4.92. The first-order valence-corrected chi connectivity index (χ1v) is 8.42. The predicted molar refractivity (Wildman–Crippen MR) is 84.7 cm³/mol. The fourth-order valence-electron chi connectivity index (χ4n) is 3.49. The average molecular weight is 258 g/mol. The first-order chi connectivity index (χ1) is 9.33. The zero-order valence-electron chi connectivity index (χ0n) is 12.8. The van der Waals surface area contributed by atoms with Crippen molar-refractivity contribution in [3.8, 4) is 0 Å². The van der Waals surface area contributed by atoms with E-state index in [4.69, 9.17) is 0 Å². The first-order valence-electron chi connectivity index (χ1n) is 8.42. The van der Waals surface area contributed by atoms with E-state index in [0.717, 1.165) is 18.3 Å². The Morgan fingerprint density at radius 1 is 0.895 bits per heavy atom. The van der Waals surface area contributed by atoms with Gasteiger partial charge in [-0.1, -0.05) is 63.8 Å². The lowest BCUT2D eigenvalue weighted by atomic mass is 9.77. The van der Waals surface area contributed by atoms with Crippen LogP contribution in [0.3, 0.4) is 0 Å². The topological polar surface area (TPSA) is 0 Å². The molecule has 2 rings (SSSR count). The number of benzene rings is 1. The van der Waals surface area contributed by atoms with E-state index in [2.05, 4.69) is 38.1 Å². The second kappa shape index (κ2) is 7.72. The second-order valence-electron chi connectivity index (χ2n) is 6.31. The fourth-order valence-corrected chi connectivity index (χ4v) is 3.49. The summed E-state index contributed by atoms with van der Waals surface area (Å²) >= 11 is 0. The summed E-state index contributed by atoms with van der Waals surface area (Å²) in [5.41, 5.74) is 3.06. The molecule has 0 saturated heterocycles. The van der Waals surface area contributed by atoms with Gasteiger partial charge in [0.05, 0.1) is 0 Å². The minimum absolute atomic E-state index is 0.841. The van der Waals surface area contributed by atoms with Gasteiger partial charge in [-0.2, -0.15) is 0 Å². The van der Waals surface area contributed by atoms with Crippen molar-refractivity contribution in [2.75, 3.05) is 0 Å². The summed E-state index contributed by atoms with van der Waals surface area (Å²) < 4.78 is 0. The Hall–Kier alpha value is -0.780. The van der Waals surface area contributed by atoms with Crippen molar-refractivity contribution < 1.29 is 0 Å². The van der Waals surface area contributed by atoms with Crippen molar-refractivity contribution in [2.45, 2.75) is 77.6 Å². The van der Waals surface area contributed by atoms with E-state index in [1.54, 1.807) is 5.56 Å². The maximum Gasteiger partial charge on any atom is -0.0162 e. The highest BCUT2D eigenvalue weighted by Gasteiger charge is 2.21. The SMILES string of the molecule is CCCCC[C@H]1CC[C@H](c2ccc(CC)cc2)CC1. The van der Waals surface area contributed by atoms with Gasteiger partial charge in [-0.3, -0.25) is 0 Å². The van der Waals surface area contributed by atoms with Crippen LogP contribution >= 0.6 is 0 Å². The molecule has 0 N–H and O–H groups in total. The maximum absolute atomic E-state index is 2.38. The van der Waals surface area contributed by atoms with Crippen LogP contribution in [-0.2, 0) is 6.42 Å². The molecule has 1 aliphatic rings. The minimum atomic E-state index is 0.841. The summed E-state index contributed by atoms with van der Waals surface area (Å²) in [6.45, 7) is 4.54. The molecule has 0 aromatic heterocycles.